The van der Waals surface area contributed by atoms with Gasteiger partial charge in [-0.25, -0.2) is 0 Å². The highest BCUT2D eigenvalue weighted by Crippen LogP contribution is 2.47. The van der Waals surface area contributed by atoms with E-state index in [1.165, 1.54) is 19.1 Å². The minimum atomic E-state index is -1.19. The lowest BCUT2D eigenvalue weighted by atomic mass is 9.97. The van der Waals surface area contributed by atoms with E-state index in [2.05, 4.69) is 0 Å². The van der Waals surface area contributed by atoms with Gasteiger partial charge in [-0.2, -0.15) is 0 Å². The van der Waals surface area contributed by atoms with Crippen molar-refractivity contribution < 1.29 is 38.0 Å². The number of methoxy groups -OCH3 is 4. The molecule has 1 heterocycles. The van der Waals surface area contributed by atoms with E-state index in [-0.39, 0.29) is 19.6 Å². The number of fused-ring (bicyclic) bond motifs is 1. The number of ether oxygens (including phenoxy) is 6. The summed E-state index contributed by atoms with van der Waals surface area (Å²) in [5.41, 5.74) is 2.38. The fourth-order valence-corrected chi connectivity index (χ4v) is 5.07. The summed E-state index contributed by atoms with van der Waals surface area (Å²) in [6.07, 6.45) is -2.31. The number of hydrogen-bond donors (Lipinski definition) is 0. The average molecular weight is 570 g/mol. The van der Waals surface area contributed by atoms with Crippen molar-refractivity contribution in [1.82, 2.24) is 0 Å². The van der Waals surface area contributed by atoms with Crippen LogP contribution in [0.15, 0.2) is 54.6 Å². The van der Waals surface area contributed by atoms with E-state index in [4.69, 9.17) is 40.0 Å². The van der Waals surface area contributed by atoms with Crippen molar-refractivity contribution in [2.75, 3.05) is 39.9 Å². The smallest absolute Gasteiger partial charge is 0.308 e. The fourth-order valence-electron chi connectivity index (χ4n) is 4.78. The van der Waals surface area contributed by atoms with Crippen molar-refractivity contribution in [3.63, 3.8) is 0 Å². The summed E-state index contributed by atoms with van der Waals surface area (Å²) in [6.45, 7) is 1.97. The number of esters is 1. The summed E-state index contributed by atoms with van der Waals surface area (Å²) in [4.78, 5) is 28.4. The van der Waals surface area contributed by atoms with Crippen LogP contribution in [0, 0.1) is 0 Å². The van der Waals surface area contributed by atoms with Crippen LogP contribution in [0.1, 0.15) is 36.1 Å². The molecule has 2 atom stereocenters. The maximum atomic E-state index is 14.2. The number of carbonyl (C=O) groups is 2. The molecule has 3 aromatic carbocycles. The van der Waals surface area contributed by atoms with Crippen molar-refractivity contribution >= 4 is 29.2 Å². The van der Waals surface area contributed by atoms with Gasteiger partial charge in [0.1, 0.15) is 23.7 Å². The SMILES string of the molecule is CCOC(=O)C[C@@H]1O[C@@H](c2cccc(OC)c2OC)c2cccc(Cl)c2N(Cc2ccc(OC)cc2OC)C1=O. The molecule has 4 rings (SSSR count). The number of para-hydroxylation sites is 2. The highest BCUT2D eigenvalue weighted by Gasteiger charge is 2.40. The Morgan fingerprint density at radius 1 is 0.925 bits per heavy atom. The molecule has 3 aromatic rings. The highest BCUT2D eigenvalue weighted by molar-refractivity contribution is 6.34. The van der Waals surface area contributed by atoms with E-state index in [0.717, 1.165) is 0 Å². The summed E-state index contributed by atoms with van der Waals surface area (Å²) in [6, 6.07) is 16.1. The van der Waals surface area contributed by atoms with Crippen LogP contribution in [-0.4, -0.2) is 53.0 Å². The molecule has 0 radical (unpaired) electrons. The third-order valence-corrected chi connectivity index (χ3v) is 6.91. The zero-order chi connectivity index (χ0) is 28.8. The van der Waals surface area contributed by atoms with E-state index in [1.54, 1.807) is 57.5 Å². The Hall–Kier alpha value is -3.95. The Kier molecular flexibility index (Phi) is 9.39. The number of nitrogens with zero attached hydrogens (tertiary/aromatic N) is 1. The first-order chi connectivity index (χ1) is 19.4. The van der Waals surface area contributed by atoms with Crippen LogP contribution in [0.4, 0.5) is 5.69 Å². The normalized spacial score (nSPS) is 16.6. The second-order valence-corrected chi connectivity index (χ2v) is 9.28. The number of hydrogen-bond acceptors (Lipinski definition) is 8. The lowest BCUT2D eigenvalue weighted by Gasteiger charge is -2.26. The molecule has 0 unspecified atom stereocenters. The van der Waals surface area contributed by atoms with Gasteiger partial charge in [-0.05, 0) is 31.2 Å². The van der Waals surface area contributed by atoms with E-state index in [1.807, 2.05) is 18.2 Å². The quantitative estimate of drug-likeness (QED) is 0.302. The molecule has 0 fully saturated rings. The van der Waals surface area contributed by atoms with E-state index >= 15 is 0 Å². The molecule has 0 bridgehead atoms. The molecule has 0 aromatic heterocycles. The molecule has 0 N–H and O–H groups in total. The Morgan fingerprint density at radius 3 is 2.33 bits per heavy atom. The first kappa shape index (κ1) is 29.0. The second-order valence-electron chi connectivity index (χ2n) is 8.88. The van der Waals surface area contributed by atoms with Crippen LogP contribution in [-0.2, 0) is 25.6 Å². The molecule has 1 amide bonds. The van der Waals surface area contributed by atoms with Crippen molar-refractivity contribution in [2.45, 2.75) is 32.1 Å². The number of anilines is 1. The summed E-state index contributed by atoms with van der Waals surface area (Å²) in [5.74, 6) is 1.05. The van der Waals surface area contributed by atoms with Crippen LogP contribution < -0.4 is 23.8 Å². The second kappa shape index (κ2) is 12.9. The number of amides is 1. The Morgan fingerprint density at radius 2 is 1.65 bits per heavy atom. The predicted octanol–water partition coefficient (Wildman–Crippen LogP) is 5.35. The van der Waals surface area contributed by atoms with Crippen LogP contribution >= 0.6 is 11.6 Å². The molecule has 0 spiro atoms. The molecular formula is C30H32ClNO8. The molecule has 212 valence electrons. The molecule has 9 nitrogen and oxygen atoms in total. The Balaban J connectivity index is 1.91. The minimum absolute atomic E-state index is 0.0907. The van der Waals surface area contributed by atoms with Crippen molar-refractivity contribution in [3.05, 3.63) is 76.3 Å². The maximum absolute atomic E-state index is 14.2. The van der Waals surface area contributed by atoms with Crippen molar-refractivity contribution in [1.29, 1.82) is 0 Å². The standard InChI is InChI=1S/C30H32ClNO8/c1-6-39-26(33)16-25-30(34)32(17-18-13-14-19(35-2)15-24(18)37-4)27-20(9-7-11-22(27)31)28(40-25)21-10-8-12-23(36-3)29(21)38-5/h7-15,25,28H,6,16-17H2,1-5H3/t25-,28+/m0/s1. The van der Waals surface area contributed by atoms with Gasteiger partial charge in [0.2, 0.25) is 0 Å². The molecular weight excluding hydrogens is 538 g/mol. The zero-order valence-corrected chi connectivity index (χ0v) is 23.8. The monoisotopic (exact) mass is 569 g/mol. The largest absolute Gasteiger partial charge is 0.497 e. The number of rotatable bonds is 10. The summed E-state index contributed by atoms with van der Waals surface area (Å²) in [5, 5.41) is 0.338. The van der Waals surface area contributed by atoms with Crippen LogP contribution in [0.3, 0.4) is 0 Å². The van der Waals surface area contributed by atoms with Gasteiger partial charge < -0.3 is 33.3 Å². The topological polar surface area (TPSA) is 92.8 Å². The highest BCUT2D eigenvalue weighted by atomic mass is 35.5. The zero-order valence-electron chi connectivity index (χ0n) is 23.1. The van der Waals surface area contributed by atoms with Crippen molar-refractivity contribution in [3.8, 4) is 23.0 Å². The van der Waals surface area contributed by atoms with Gasteiger partial charge in [0.05, 0.1) is 58.7 Å². The molecule has 40 heavy (non-hydrogen) atoms. The maximum Gasteiger partial charge on any atom is 0.308 e. The number of carbonyl (C=O) groups excluding carboxylic acids is 2. The van der Waals surface area contributed by atoms with E-state index in [0.29, 0.717) is 50.4 Å². The summed E-state index contributed by atoms with van der Waals surface area (Å²) in [7, 11) is 6.17. The van der Waals surface area contributed by atoms with Gasteiger partial charge in [0.25, 0.3) is 5.91 Å². The molecule has 0 saturated heterocycles. The average Bonchev–Trinajstić information content (AvgIpc) is 3.08. The predicted molar refractivity (Wildman–Crippen MR) is 150 cm³/mol. The van der Waals surface area contributed by atoms with Crippen LogP contribution in [0.2, 0.25) is 5.02 Å². The third kappa shape index (κ3) is 5.80. The molecule has 10 heteroatoms. The lowest BCUT2D eigenvalue weighted by Crippen LogP contribution is -2.40. The minimum Gasteiger partial charge on any atom is -0.497 e. The Bertz CT molecular complexity index is 1380. The number of benzene rings is 3. The Labute approximate surface area is 238 Å². The van der Waals surface area contributed by atoms with Crippen LogP contribution in [0.5, 0.6) is 23.0 Å². The van der Waals surface area contributed by atoms with Gasteiger partial charge in [-0.3, -0.25) is 9.59 Å². The fraction of sp³-hybridized carbons (Fsp3) is 0.333. The molecule has 1 aliphatic heterocycles. The lowest BCUT2D eigenvalue weighted by molar-refractivity contribution is -0.151. The van der Waals surface area contributed by atoms with Crippen molar-refractivity contribution in [2.24, 2.45) is 0 Å². The molecule has 1 aliphatic rings. The van der Waals surface area contributed by atoms with Gasteiger partial charge in [0.15, 0.2) is 11.5 Å². The van der Waals surface area contributed by atoms with Gasteiger partial charge in [0, 0.05) is 22.8 Å². The van der Waals surface area contributed by atoms with Crippen LogP contribution in [0.25, 0.3) is 0 Å². The van der Waals surface area contributed by atoms with Gasteiger partial charge in [-0.1, -0.05) is 35.9 Å². The number of halogens is 1. The third-order valence-electron chi connectivity index (χ3n) is 6.61. The molecule has 0 saturated carbocycles. The van der Waals surface area contributed by atoms with Gasteiger partial charge >= 0.3 is 5.97 Å². The first-order valence-corrected chi connectivity index (χ1v) is 13.1. The summed E-state index contributed by atoms with van der Waals surface area (Å²) < 4.78 is 33.8. The molecule has 0 aliphatic carbocycles. The van der Waals surface area contributed by atoms with E-state index < -0.39 is 24.1 Å². The van der Waals surface area contributed by atoms with Gasteiger partial charge in [-0.15, -0.1) is 0 Å². The summed E-state index contributed by atoms with van der Waals surface area (Å²) >= 11 is 6.80. The van der Waals surface area contributed by atoms with E-state index in [9.17, 15) is 9.59 Å². The first-order valence-electron chi connectivity index (χ1n) is 12.7.